The van der Waals surface area contributed by atoms with Gasteiger partial charge in [-0.05, 0) is 24.1 Å². The van der Waals surface area contributed by atoms with E-state index in [0.29, 0.717) is 12.0 Å². The molecule has 2 rings (SSSR count). The zero-order valence-electron chi connectivity index (χ0n) is 8.42. The van der Waals surface area contributed by atoms with E-state index in [1.54, 1.807) is 10.9 Å². The normalized spacial score (nSPS) is 10.2. The van der Waals surface area contributed by atoms with Crippen molar-refractivity contribution >= 4 is 6.29 Å². The average Bonchev–Trinajstić information content (AvgIpc) is 2.78. The fraction of sp³-hybridized carbons (Fsp3) is 0.182. The Hall–Kier alpha value is -1.97. The van der Waals surface area contributed by atoms with E-state index in [0.717, 1.165) is 12.1 Å². The van der Waals surface area contributed by atoms with E-state index < -0.39 is 0 Å². The third-order valence-electron chi connectivity index (χ3n) is 2.24. The van der Waals surface area contributed by atoms with Gasteiger partial charge in [0.2, 0.25) is 0 Å². The molecule has 0 fully saturated rings. The molecule has 2 aromatic rings. The second kappa shape index (κ2) is 4.04. The van der Waals surface area contributed by atoms with Gasteiger partial charge >= 0.3 is 0 Å². The van der Waals surface area contributed by atoms with Gasteiger partial charge in [0, 0.05) is 0 Å². The van der Waals surface area contributed by atoms with Crippen LogP contribution in [0, 0.1) is 0 Å². The van der Waals surface area contributed by atoms with Gasteiger partial charge in [-0.1, -0.05) is 24.3 Å². The molecule has 0 saturated carbocycles. The minimum absolute atomic E-state index is 0.342. The van der Waals surface area contributed by atoms with Gasteiger partial charge in [-0.25, -0.2) is 4.68 Å². The summed E-state index contributed by atoms with van der Waals surface area (Å²) in [5.74, 6) is 0. The Kier molecular flexibility index (Phi) is 2.58. The van der Waals surface area contributed by atoms with Gasteiger partial charge in [-0.15, -0.1) is 5.10 Å². The molecule has 0 bridgehead atoms. The van der Waals surface area contributed by atoms with Gasteiger partial charge in [0.15, 0.2) is 6.29 Å². The molecule has 0 aliphatic rings. The van der Waals surface area contributed by atoms with Crippen LogP contribution >= 0.6 is 0 Å². The number of carbonyl (C=O) groups excluding carboxylic acids is 1. The quantitative estimate of drug-likeness (QED) is 0.709. The number of aryl methyl sites for hydroxylation is 1. The zero-order valence-corrected chi connectivity index (χ0v) is 8.42. The Bertz CT molecular complexity index is 459. The number of carbonyl (C=O) groups is 1. The lowest BCUT2D eigenvalue weighted by atomic mass is 10.1. The predicted octanol–water partition coefficient (Wildman–Crippen LogP) is 1.64. The molecule has 0 spiro atoms. The maximum atomic E-state index is 10.4. The van der Waals surface area contributed by atoms with E-state index in [9.17, 15) is 4.79 Å². The lowest BCUT2D eigenvalue weighted by Gasteiger charge is -2.00. The molecule has 76 valence electrons. The summed E-state index contributed by atoms with van der Waals surface area (Å²) in [6.07, 6.45) is 3.30. The minimum atomic E-state index is 0.342. The van der Waals surface area contributed by atoms with Gasteiger partial charge in [0.25, 0.3) is 0 Å². The van der Waals surface area contributed by atoms with Crippen molar-refractivity contribution in [1.82, 2.24) is 15.0 Å². The van der Waals surface area contributed by atoms with Crippen molar-refractivity contribution in [3.05, 3.63) is 41.7 Å². The fourth-order valence-electron chi connectivity index (χ4n) is 1.34. The Balaban J connectivity index is 2.32. The molecular weight excluding hydrogens is 190 g/mol. The number of aldehydes is 1. The van der Waals surface area contributed by atoms with Gasteiger partial charge in [0.05, 0.1) is 11.9 Å². The van der Waals surface area contributed by atoms with Crippen molar-refractivity contribution in [2.24, 2.45) is 0 Å². The molecule has 0 atom stereocenters. The summed E-state index contributed by atoms with van der Waals surface area (Å²) in [6, 6.07) is 8.00. The topological polar surface area (TPSA) is 47.8 Å². The molecule has 0 amide bonds. The maximum Gasteiger partial charge on any atom is 0.171 e. The molecule has 0 radical (unpaired) electrons. The van der Waals surface area contributed by atoms with E-state index in [4.69, 9.17) is 0 Å². The van der Waals surface area contributed by atoms with Gasteiger partial charge < -0.3 is 0 Å². The molecule has 0 saturated heterocycles. The number of rotatable bonds is 3. The summed E-state index contributed by atoms with van der Waals surface area (Å²) in [4.78, 5) is 10.4. The minimum Gasteiger partial charge on any atom is -0.296 e. The van der Waals surface area contributed by atoms with Gasteiger partial charge in [0.1, 0.15) is 5.69 Å². The summed E-state index contributed by atoms with van der Waals surface area (Å²) < 4.78 is 1.59. The van der Waals surface area contributed by atoms with E-state index in [1.165, 1.54) is 5.56 Å². The highest BCUT2D eigenvalue weighted by Gasteiger charge is 2.00. The van der Waals surface area contributed by atoms with Crippen LogP contribution in [0.15, 0.2) is 30.5 Å². The zero-order chi connectivity index (χ0) is 10.7. The SMILES string of the molecule is CCc1ccc(-n2cc(C=O)nn2)cc1. The third kappa shape index (κ3) is 1.93. The summed E-state index contributed by atoms with van der Waals surface area (Å²) in [6.45, 7) is 2.11. The number of benzene rings is 1. The predicted molar refractivity (Wildman–Crippen MR) is 56.1 cm³/mol. The second-order valence-corrected chi connectivity index (χ2v) is 3.23. The molecule has 0 unspecified atom stereocenters. The molecule has 0 aliphatic heterocycles. The number of hydrogen-bond acceptors (Lipinski definition) is 3. The van der Waals surface area contributed by atoms with Crippen LogP contribution in [0.4, 0.5) is 0 Å². The van der Waals surface area contributed by atoms with E-state index in [2.05, 4.69) is 17.2 Å². The van der Waals surface area contributed by atoms with Gasteiger partial charge in [-0.3, -0.25) is 4.79 Å². The largest absolute Gasteiger partial charge is 0.296 e. The summed E-state index contributed by atoms with van der Waals surface area (Å²) >= 11 is 0. The standard InChI is InChI=1S/C11H11N3O/c1-2-9-3-5-11(6-4-9)14-7-10(8-15)12-13-14/h3-8H,2H2,1H3. The Morgan fingerprint density at radius 1 is 1.33 bits per heavy atom. The lowest BCUT2D eigenvalue weighted by Crippen LogP contribution is -1.94. The van der Waals surface area contributed by atoms with Crippen molar-refractivity contribution < 1.29 is 4.79 Å². The highest BCUT2D eigenvalue weighted by atomic mass is 16.1. The molecule has 4 heteroatoms. The Morgan fingerprint density at radius 3 is 2.60 bits per heavy atom. The number of aromatic nitrogens is 3. The van der Waals surface area contributed by atoms with Crippen LogP contribution in [0.25, 0.3) is 5.69 Å². The van der Waals surface area contributed by atoms with Crippen LogP contribution < -0.4 is 0 Å². The molecule has 15 heavy (non-hydrogen) atoms. The first-order valence-corrected chi connectivity index (χ1v) is 4.80. The van der Waals surface area contributed by atoms with Crippen molar-refractivity contribution in [1.29, 1.82) is 0 Å². The molecule has 1 aromatic heterocycles. The van der Waals surface area contributed by atoms with E-state index in [1.807, 2.05) is 24.3 Å². The van der Waals surface area contributed by atoms with Crippen molar-refractivity contribution in [2.45, 2.75) is 13.3 Å². The maximum absolute atomic E-state index is 10.4. The monoisotopic (exact) mass is 201 g/mol. The first-order chi connectivity index (χ1) is 7.33. The summed E-state index contributed by atoms with van der Waals surface area (Å²) in [5.41, 5.74) is 2.52. The number of hydrogen-bond donors (Lipinski definition) is 0. The molecule has 0 aliphatic carbocycles. The number of nitrogens with zero attached hydrogens (tertiary/aromatic N) is 3. The highest BCUT2D eigenvalue weighted by molar-refractivity contribution is 5.70. The lowest BCUT2D eigenvalue weighted by molar-refractivity contribution is 0.111. The fourth-order valence-corrected chi connectivity index (χ4v) is 1.34. The first kappa shape index (κ1) is 9.58. The van der Waals surface area contributed by atoms with Crippen molar-refractivity contribution in [3.8, 4) is 5.69 Å². The first-order valence-electron chi connectivity index (χ1n) is 4.80. The molecular formula is C11H11N3O. The van der Waals surface area contributed by atoms with Crippen LogP contribution in [0.2, 0.25) is 0 Å². The molecule has 1 heterocycles. The van der Waals surface area contributed by atoms with Crippen LogP contribution in [0.5, 0.6) is 0 Å². The molecule has 0 N–H and O–H groups in total. The van der Waals surface area contributed by atoms with Crippen molar-refractivity contribution in [2.75, 3.05) is 0 Å². The van der Waals surface area contributed by atoms with Crippen LogP contribution in [-0.2, 0) is 6.42 Å². The van der Waals surface area contributed by atoms with E-state index in [-0.39, 0.29) is 0 Å². The molecule has 4 nitrogen and oxygen atoms in total. The van der Waals surface area contributed by atoms with Crippen molar-refractivity contribution in [3.63, 3.8) is 0 Å². The highest BCUT2D eigenvalue weighted by Crippen LogP contribution is 2.08. The summed E-state index contributed by atoms with van der Waals surface area (Å²) in [5, 5.41) is 7.55. The van der Waals surface area contributed by atoms with Crippen LogP contribution in [-0.4, -0.2) is 21.3 Å². The summed E-state index contributed by atoms with van der Waals surface area (Å²) in [7, 11) is 0. The van der Waals surface area contributed by atoms with Crippen LogP contribution in [0.3, 0.4) is 0 Å². The Labute approximate surface area is 87.5 Å². The van der Waals surface area contributed by atoms with Crippen LogP contribution in [0.1, 0.15) is 23.0 Å². The van der Waals surface area contributed by atoms with E-state index >= 15 is 0 Å². The third-order valence-corrected chi connectivity index (χ3v) is 2.24. The average molecular weight is 201 g/mol. The van der Waals surface area contributed by atoms with Gasteiger partial charge in [-0.2, -0.15) is 0 Å². The Morgan fingerprint density at radius 2 is 2.07 bits per heavy atom. The second-order valence-electron chi connectivity index (χ2n) is 3.23. The smallest absolute Gasteiger partial charge is 0.171 e. The molecule has 1 aromatic carbocycles.